The van der Waals surface area contributed by atoms with E-state index in [4.69, 9.17) is 4.74 Å². The van der Waals surface area contributed by atoms with Crippen LogP contribution in [0.3, 0.4) is 0 Å². The molecule has 10 heteroatoms. The lowest BCUT2D eigenvalue weighted by Crippen LogP contribution is -2.23. The van der Waals surface area contributed by atoms with Crippen LogP contribution in [-0.4, -0.2) is 31.5 Å². The maximum atomic E-state index is 13.2. The lowest BCUT2D eigenvalue weighted by atomic mass is 10.1. The van der Waals surface area contributed by atoms with Crippen LogP contribution in [0.5, 0.6) is 0 Å². The molecule has 4 aromatic rings. The van der Waals surface area contributed by atoms with E-state index in [0.29, 0.717) is 4.80 Å². The minimum absolute atomic E-state index is 0.0841. The zero-order valence-corrected chi connectivity index (χ0v) is 22.6. The fourth-order valence-corrected chi connectivity index (χ4v) is 6.01. The lowest BCUT2D eigenvalue weighted by molar-refractivity contribution is -0.143. The van der Waals surface area contributed by atoms with Crippen LogP contribution in [0.25, 0.3) is 10.2 Å². The van der Waals surface area contributed by atoms with Crippen LogP contribution in [0.1, 0.15) is 34.0 Å². The van der Waals surface area contributed by atoms with E-state index in [1.54, 1.807) is 41.8 Å². The molecule has 37 heavy (non-hydrogen) atoms. The van der Waals surface area contributed by atoms with Crippen LogP contribution in [0.15, 0.2) is 70.6 Å². The minimum Gasteiger partial charge on any atom is -0.465 e. The molecule has 192 valence electrons. The summed E-state index contributed by atoms with van der Waals surface area (Å²) in [6, 6.07) is 16.6. The van der Waals surface area contributed by atoms with Crippen LogP contribution in [0.2, 0.25) is 0 Å². The summed E-state index contributed by atoms with van der Waals surface area (Å²) in [7, 11) is -3.83. The molecule has 0 bridgehead atoms. The topological polar surface area (TPSA) is 107 Å². The number of esters is 1. The molecule has 0 aliphatic carbocycles. The summed E-state index contributed by atoms with van der Waals surface area (Å²) in [5.74, 6) is -0.988. The van der Waals surface area contributed by atoms with E-state index in [0.717, 1.165) is 26.9 Å². The maximum absolute atomic E-state index is 13.2. The SMILES string of the molecule is CCOC(=O)Cn1c(=NC(=O)c2cccc(NS(=O)(=O)c3ccc(C)cc3)c2)sc2c(C)cc(C)cc21. The van der Waals surface area contributed by atoms with E-state index in [1.807, 2.05) is 32.9 Å². The highest BCUT2D eigenvalue weighted by Crippen LogP contribution is 2.24. The predicted molar refractivity (Wildman–Crippen MR) is 144 cm³/mol. The second-order valence-electron chi connectivity index (χ2n) is 8.62. The number of aromatic nitrogens is 1. The fourth-order valence-electron chi connectivity index (χ4n) is 3.88. The third-order valence-corrected chi connectivity index (χ3v) is 8.22. The monoisotopic (exact) mass is 537 g/mol. The van der Waals surface area contributed by atoms with Crippen LogP contribution in [-0.2, 0) is 26.1 Å². The Morgan fingerprint density at radius 1 is 1.00 bits per heavy atom. The van der Waals surface area contributed by atoms with Gasteiger partial charge in [0.05, 0.1) is 21.7 Å². The third-order valence-electron chi connectivity index (χ3n) is 5.60. The maximum Gasteiger partial charge on any atom is 0.326 e. The highest BCUT2D eigenvalue weighted by Gasteiger charge is 2.17. The average Bonchev–Trinajstić information content (AvgIpc) is 3.16. The van der Waals surface area contributed by atoms with Crippen molar-refractivity contribution in [3.63, 3.8) is 0 Å². The summed E-state index contributed by atoms with van der Waals surface area (Å²) in [6.07, 6.45) is 0. The van der Waals surface area contributed by atoms with E-state index in [-0.39, 0.29) is 29.3 Å². The van der Waals surface area contributed by atoms with Crippen LogP contribution >= 0.6 is 11.3 Å². The number of nitrogens with one attached hydrogen (secondary N) is 1. The van der Waals surface area contributed by atoms with Gasteiger partial charge in [0.25, 0.3) is 15.9 Å². The summed E-state index contributed by atoms with van der Waals surface area (Å²) >= 11 is 1.31. The Morgan fingerprint density at radius 2 is 1.73 bits per heavy atom. The zero-order chi connectivity index (χ0) is 26.7. The number of sulfonamides is 1. The van der Waals surface area contributed by atoms with Crippen molar-refractivity contribution in [3.05, 3.63) is 87.7 Å². The molecule has 1 amide bonds. The quantitative estimate of drug-likeness (QED) is 0.343. The minimum atomic E-state index is -3.83. The molecule has 0 fully saturated rings. The van der Waals surface area contributed by atoms with Crippen LogP contribution in [0.4, 0.5) is 5.69 Å². The van der Waals surface area contributed by atoms with Gasteiger partial charge < -0.3 is 9.30 Å². The molecule has 0 spiro atoms. The molecule has 0 unspecified atom stereocenters. The highest BCUT2D eigenvalue weighted by molar-refractivity contribution is 7.92. The Bertz CT molecular complexity index is 1670. The number of amides is 1. The molecule has 8 nitrogen and oxygen atoms in total. The molecule has 0 saturated carbocycles. The number of ether oxygens (including phenoxy) is 1. The van der Waals surface area contributed by atoms with Gasteiger partial charge in [-0.2, -0.15) is 4.99 Å². The van der Waals surface area contributed by atoms with Gasteiger partial charge in [-0.15, -0.1) is 0 Å². The summed E-state index contributed by atoms with van der Waals surface area (Å²) in [4.78, 5) is 30.3. The fraction of sp³-hybridized carbons (Fsp3) is 0.222. The molecule has 0 aliphatic rings. The van der Waals surface area contributed by atoms with E-state index in [1.165, 1.54) is 29.5 Å². The van der Waals surface area contributed by atoms with E-state index < -0.39 is 21.9 Å². The Kier molecular flexibility index (Phi) is 7.60. The number of aryl methyl sites for hydroxylation is 3. The largest absolute Gasteiger partial charge is 0.465 e. The summed E-state index contributed by atoms with van der Waals surface area (Å²) in [5.41, 5.74) is 4.22. The second-order valence-corrected chi connectivity index (χ2v) is 11.3. The molecular weight excluding hydrogens is 510 g/mol. The van der Waals surface area contributed by atoms with Crippen molar-refractivity contribution < 1.29 is 22.7 Å². The van der Waals surface area contributed by atoms with Crippen LogP contribution < -0.4 is 9.52 Å². The van der Waals surface area contributed by atoms with Gasteiger partial charge in [-0.1, -0.05) is 41.2 Å². The van der Waals surface area contributed by atoms with Crippen molar-refractivity contribution in [3.8, 4) is 0 Å². The number of anilines is 1. The molecule has 0 atom stereocenters. The number of fused-ring (bicyclic) bond motifs is 1. The second kappa shape index (κ2) is 10.7. The molecule has 1 heterocycles. The number of rotatable bonds is 7. The van der Waals surface area contributed by atoms with Gasteiger partial charge in [-0.25, -0.2) is 8.42 Å². The van der Waals surface area contributed by atoms with Gasteiger partial charge in [-0.3, -0.25) is 14.3 Å². The number of thiazole rings is 1. The van der Waals surface area contributed by atoms with Crippen molar-refractivity contribution in [1.29, 1.82) is 0 Å². The van der Waals surface area contributed by atoms with Crippen LogP contribution in [0, 0.1) is 20.8 Å². The van der Waals surface area contributed by atoms with Crippen molar-refractivity contribution in [2.75, 3.05) is 11.3 Å². The van der Waals surface area contributed by atoms with Gasteiger partial charge in [-0.05, 0) is 75.2 Å². The first-order chi connectivity index (χ1) is 17.6. The first-order valence-electron chi connectivity index (χ1n) is 11.6. The predicted octanol–water partition coefficient (Wildman–Crippen LogP) is 4.73. The Morgan fingerprint density at radius 3 is 2.43 bits per heavy atom. The van der Waals surface area contributed by atoms with Gasteiger partial charge in [0.15, 0.2) is 4.80 Å². The van der Waals surface area contributed by atoms with Crippen molar-refractivity contribution in [2.45, 2.75) is 39.1 Å². The molecule has 1 aromatic heterocycles. The van der Waals surface area contributed by atoms with Gasteiger partial charge in [0, 0.05) is 11.3 Å². The summed E-state index contributed by atoms with van der Waals surface area (Å²) in [6.45, 7) is 7.70. The standard InChI is InChI=1S/C27H27N3O5S2/c1-5-35-24(31)16-30-23-14-18(3)13-19(4)25(23)36-27(30)28-26(32)20-7-6-8-21(15-20)29-37(33,34)22-11-9-17(2)10-12-22/h6-15,29H,5,16H2,1-4H3. The molecule has 0 saturated heterocycles. The Balaban J connectivity index is 1.71. The molecule has 1 N–H and O–H groups in total. The first-order valence-corrected chi connectivity index (χ1v) is 13.9. The van der Waals surface area contributed by atoms with E-state index >= 15 is 0 Å². The lowest BCUT2D eigenvalue weighted by Gasteiger charge is -2.09. The number of nitrogens with zero attached hydrogens (tertiary/aromatic N) is 2. The smallest absolute Gasteiger partial charge is 0.326 e. The van der Waals surface area contributed by atoms with Gasteiger partial charge in [0.1, 0.15) is 6.54 Å². The van der Waals surface area contributed by atoms with Crippen molar-refractivity contribution in [1.82, 2.24) is 4.57 Å². The third kappa shape index (κ3) is 5.98. The molecule has 4 rings (SSSR count). The highest BCUT2D eigenvalue weighted by atomic mass is 32.2. The first kappa shape index (κ1) is 26.3. The Labute approximate surface area is 219 Å². The number of hydrogen-bond acceptors (Lipinski definition) is 6. The number of benzene rings is 3. The van der Waals surface area contributed by atoms with E-state index in [9.17, 15) is 18.0 Å². The summed E-state index contributed by atoms with van der Waals surface area (Å²) < 4.78 is 35.8. The molecular formula is C27H27N3O5S2. The van der Waals surface area contributed by atoms with Gasteiger partial charge in [0.2, 0.25) is 0 Å². The number of hydrogen-bond donors (Lipinski definition) is 1. The Hall–Kier alpha value is -3.76. The number of carbonyl (C=O) groups is 2. The normalized spacial score (nSPS) is 12.1. The van der Waals surface area contributed by atoms with Crippen molar-refractivity contribution >= 4 is 49.1 Å². The average molecular weight is 538 g/mol. The zero-order valence-electron chi connectivity index (χ0n) is 20.9. The molecule has 3 aromatic carbocycles. The van der Waals surface area contributed by atoms with Crippen molar-refractivity contribution in [2.24, 2.45) is 4.99 Å². The van der Waals surface area contributed by atoms with E-state index in [2.05, 4.69) is 9.71 Å². The molecule has 0 aliphatic heterocycles. The molecule has 0 radical (unpaired) electrons. The summed E-state index contributed by atoms with van der Waals surface area (Å²) in [5, 5.41) is 0. The van der Waals surface area contributed by atoms with Gasteiger partial charge >= 0.3 is 5.97 Å². The number of carbonyl (C=O) groups excluding carboxylic acids is 2.